The Balaban J connectivity index is 2.36. The maximum atomic E-state index is 13.1. The number of methoxy groups -OCH3 is 3. The van der Waals surface area contributed by atoms with E-state index in [9.17, 15) is 20.6 Å². The summed E-state index contributed by atoms with van der Waals surface area (Å²) in [6.45, 7) is 1.66. The van der Waals surface area contributed by atoms with Gasteiger partial charge in [-0.25, -0.2) is 4.99 Å². The highest BCUT2D eigenvalue weighted by Gasteiger charge is 2.90. The SMILES string of the molecule is CCOC(=O)C12C(N)=NC(=C(C#N)C#N)C1(C#N)C2c1cc(OC)c(OC)c(OC)c1. The predicted molar refractivity (Wildman–Crippen MR) is 106 cm³/mol. The van der Waals surface area contributed by atoms with Gasteiger partial charge in [0.2, 0.25) is 5.75 Å². The van der Waals surface area contributed by atoms with Gasteiger partial charge < -0.3 is 24.7 Å². The van der Waals surface area contributed by atoms with E-state index >= 15 is 0 Å². The summed E-state index contributed by atoms with van der Waals surface area (Å²) in [5.41, 5.74) is 2.70. The average molecular weight is 421 g/mol. The molecular formula is C21H19N5O5. The second-order valence-corrected chi connectivity index (χ2v) is 6.78. The summed E-state index contributed by atoms with van der Waals surface area (Å²) in [4.78, 5) is 17.2. The fourth-order valence-electron chi connectivity index (χ4n) is 4.43. The molecule has 31 heavy (non-hydrogen) atoms. The number of nitrogens with zero attached hydrogens (tertiary/aromatic N) is 4. The van der Waals surface area contributed by atoms with Crippen LogP contribution < -0.4 is 19.9 Å². The molecule has 1 aromatic carbocycles. The van der Waals surface area contributed by atoms with E-state index in [1.54, 1.807) is 31.2 Å². The molecule has 0 saturated heterocycles. The number of nitrogens with two attached hydrogens (primary N) is 1. The van der Waals surface area contributed by atoms with Crippen LogP contribution in [0.25, 0.3) is 0 Å². The van der Waals surface area contributed by atoms with E-state index in [4.69, 9.17) is 24.7 Å². The van der Waals surface area contributed by atoms with Crippen LogP contribution in [0.1, 0.15) is 18.4 Å². The quantitative estimate of drug-likeness (QED) is 0.530. The van der Waals surface area contributed by atoms with Crippen molar-refractivity contribution in [1.29, 1.82) is 15.8 Å². The van der Waals surface area contributed by atoms with Crippen LogP contribution in [0.4, 0.5) is 0 Å². The minimum absolute atomic E-state index is 0.0414. The molecule has 2 N–H and O–H groups in total. The van der Waals surface area contributed by atoms with Crippen LogP contribution in [0, 0.1) is 44.8 Å². The van der Waals surface area contributed by atoms with Crippen LogP contribution in [-0.2, 0) is 9.53 Å². The van der Waals surface area contributed by atoms with Crippen molar-refractivity contribution in [2.75, 3.05) is 27.9 Å². The predicted octanol–water partition coefficient (Wildman–Crippen LogP) is 1.54. The summed E-state index contributed by atoms with van der Waals surface area (Å²) >= 11 is 0. The molecule has 2 aliphatic rings. The molecule has 3 atom stereocenters. The fraction of sp³-hybridized carbons (Fsp3) is 0.381. The molecule has 0 radical (unpaired) electrons. The Bertz CT molecular complexity index is 1110. The average Bonchev–Trinajstić information content (AvgIpc) is 3.35. The fourth-order valence-corrected chi connectivity index (χ4v) is 4.43. The molecule has 10 nitrogen and oxygen atoms in total. The number of carbonyl (C=O) groups excluding carboxylic acids is 1. The van der Waals surface area contributed by atoms with Gasteiger partial charge in [0.1, 0.15) is 23.4 Å². The zero-order chi connectivity index (χ0) is 23.0. The van der Waals surface area contributed by atoms with Crippen LogP contribution in [0.3, 0.4) is 0 Å². The number of hydrogen-bond donors (Lipinski definition) is 1. The van der Waals surface area contributed by atoms with E-state index in [-0.39, 0.29) is 18.1 Å². The van der Waals surface area contributed by atoms with Crippen molar-refractivity contribution in [1.82, 2.24) is 0 Å². The van der Waals surface area contributed by atoms with Gasteiger partial charge in [-0.15, -0.1) is 0 Å². The van der Waals surface area contributed by atoms with Crippen molar-refractivity contribution in [2.45, 2.75) is 12.8 Å². The summed E-state index contributed by atoms with van der Waals surface area (Å²) in [6.07, 6.45) is 0. The normalized spacial score (nSPS) is 25.1. The molecule has 1 heterocycles. The number of nitriles is 3. The number of fused-ring (bicyclic) bond motifs is 1. The molecule has 1 fully saturated rings. The van der Waals surface area contributed by atoms with Gasteiger partial charge >= 0.3 is 5.97 Å². The first-order valence-corrected chi connectivity index (χ1v) is 9.17. The molecule has 1 aromatic rings. The van der Waals surface area contributed by atoms with Gasteiger partial charge in [0.05, 0.1) is 39.7 Å². The van der Waals surface area contributed by atoms with E-state index in [1.807, 2.05) is 0 Å². The minimum Gasteiger partial charge on any atom is -0.493 e. The highest BCUT2D eigenvalue weighted by molar-refractivity contribution is 6.16. The summed E-state index contributed by atoms with van der Waals surface area (Å²) < 4.78 is 21.4. The Morgan fingerprint density at radius 1 is 1.13 bits per heavy atom. The third kappa shape index (κ3) is 2.47. The Labute approximate surface area is 178 Å². The van der Waals surface area contributed by atoms with E-state index in [1.165, 1.54) is 21.3 Å². The monoisotopic (exact) mass is 421 g/mol. The first-order valence-electron chi connectivity index (χ1n) is 9.17. The molecule has 0 aromatic heterocycles. The lowest BCUT2D eigenvalue weighted by molar-refractivity contribution is -0.147. The number of hydrogen-bond acceptors (Lipinski definition) is 10. The van der Waals surface area contributed by atoms with Gasteiger partial charge in [-0.3, -0.25) is 4.79 Å². The van der Waals surface area contributed by atoms with E-state index in [0.29, 0.717) is 22.8 Å². The van der Waals surface area contributed by atoms with E-state index in [0.717, 1.165) is 0 Å². The summed E-state index contributed by atoms with van der Waals surface area (Å²) in [5.74, 6) is -0.914. The Hall–Kier alpha value is -4.23. The smallest absolute Gasteiger partial charge is 0.322 e. The number of aliphatic imine (C=N–C) groups is 1. The summed E-state index contributed by atoms with van der Waals surface area (Å²) in [6, 6.07) is 8.76. The molecule has 3 unspecified atom stereocenters. The molecule has 0 amide bonds. The number of allylic oxidation sites excluding steroid dienone is 2. The van der Waals surface area contributed by atoms with Gasteiger partial charge in [-0.05, 0) is 24.6 Å². The second-order valence-electron chi connectivity index (χ2n) is 6.78. The van der Waals surface area contributed by atoms with Gasteiger partial charge in [-0.2, -0.15) is 15.8 Å². The lowest BCUT2D eigenvalue weighted by Gasteiger charge is -2.17. The third-order valence-electron chi connectivity index (χ3n) is 5.67. The molecule has 1 aliphatic heterocycles. The van der Waals surface area contributed by atoms with Crippen molar-refractivity contribution in [2.24, 2.45) is 21.6 Å². The van der Waals surface area contributed by atoms with Crippen molar-refractivity contribution in [3.8, 4) is 35.5 Å². The summed E-state index contributed by atoms with van der Waals surface area (Å²) in [7, 11) is 4.31. The topological polar surface area (TPSA) is 164 Å². The summed E-state index contributed by atoms with van der Waals surface area (Å²) in [5, 5.41) is 29.1. The van der Waals surface area contributed by atoms with Crippen LogP contribution in [0.5, 0.6) is 17.2 Å². The largest absolute Gasteiger partial charge is 0.493 e. The van der Waals surface area contributed by atoms with Gasteiger partial charge in [0.25, 0.3) is 0 Å². The number of esters is 1. The van der Waals surface area contributed by atoms with Crippen LogP contribution >= 0.6 is 0 Å². The zero-order valence-electron chi connectivity index (χ0n) is 17.3. The molecule has 1 saturated carbocycles. The number of rotatable bonds is 6. The van der Waals surface area contributed by atoms with Crippen molar-refractivity contribution < 1.29 is 23.7 Å². The lowest BCUT2D eigenvalue weighted by atomic mass is 9.91. The molecule has 0 bridgehead atoms. The molecule has 3 rings (SSSR count). The number of ether oxygens (including phenoxy) is 4. The maximum absolute atomic E-state index is 13.1. The first-order chi connectivity index (χ1) is 14.9. The molecule has 0 spiro atoms. The lowest BCUT2D eigenvalue weighted by Crippen LogP contribution is -2.36. The Morgan fingerprint density at radius 3 is 2.13 bits per heavy atom. The number of benzene rings is 1. The standard InChI is InChI=1S/C21H19N5O5/c1-5-31-19(27)21-16(11-6-13(28-2)15(30-4)14(7-11)29-3)20(21,10-24)17(26-18(21)25)12(8-22)9-23/h6-7,16H,5H2,1-4H3,(H2,25,26). The van der Waals surface area contributed by atoms with E-state index in [2.05, 4.69) is 11.1 Å². The number of carbonyl (C=O) groups is 1. The maximum Gasteiger partial charge on any atom is 0.322 e. The van der Waals surface area contributed by atoms with Crippen LogP contribution in [0.15, 0.2) is 28.4 Å². The third-order valence-corrected chi connectivity index (χ3v) is 5.67. The highest BCUT2D eigenvalue weighted by Crippen LogP contribution is 2.81. The molecule has 1 aliphatic carbocycles. The molecule has 10 heteroatoms. The molecular weight excluding hydrogens is 402 g/mol. The minimum atomic E-state index is -1.69. The zero-order valence-corrected chi connectivity index (χ0v) is 17.3. The van der Waals surface area contributed by atoms with Gasteiger partial charge in [-0.1, -0.05) is 0 Å². The number of amidine groups is 1. The molecule has 158 valence electrons. The van der Waals surface area contributed by atoms with Crippen LogP contribution in [0.2, 0.25) is 0 Å². The van der Waals surface area contributed by atoms with Crippen molar-refractivity contribution in [3.63, 3.8) is 0 Å². The van der Waals surface area contributed by atoms with Gasteiger partial charge in [0, 0.05) is 5.92 Å². The van der Waals surface area contributed by atoms with Crippen LogP contribution in [-0.4, -0.2) is 39.7 Å². The highest BCUT2D eigenvalue weighted by atomic mass is 16.5. The van der Waals surface area contributed by atoms with E-state index < -0.39 is 28.3 Å². The first kappa shape index (κ1) is 21.5. The van der Waals surface area contributed by atoms with Crippen molar-refractivity contribution >= 4 is 11.8 Å². The Kier molecular flexibility index (Phi) is 5.23. The van der Waals surface area contributed by atoms with Gasteiger partial charge in [0.15, 0.2) is 22.5 Å². The van der Waals surface area contributed by atoms with Crippen molar-refractivity contribution in [3.05, 3.63) is 29.0 Å². The second kappa shape index (κ2) is 7.55. The Morgan fingerprint density at radius 2 is 1.71 bits per heavy atom.